The average molecular weight is 461 g/mol. The van der Waals surface area contributed by atoms with Crippen LogP contribution in [-0.2, 0) is 4.79 Å². The number of benzene rings is 2. The van der Waals surface area contributed by atoms with Crippen molar-refractivity contribution in [2.24, 2.45) is 0 Å². The highest BCUT2D eigenvalue weighted by Gasteiger charge is 2.23. The van der Waals surface area contributed by atoms with Gasteiger partial charge in [-0.25, -0.2) is 9.97 Å². The van der Waals surface area contributed by atoms with E-state index in [1.807, 2.05) is 18.2 Å². The molecule has 2 N–H and O–H groups in total. The Morgan fingerprint density at radius 2 is 1.88 bits per heavy atom. The van der Waals surface area contributed by atoms with Gasteiger partial charge in [-0.3, -0.25) is 9.59 Å². The molecule has 4 aromatic rings. The molecule has 2 amide bonds. The summed E-state index contributed by atoms with van der Waals surface area (Å²) < 4.78 is 0. The number of anilines is 1. The number of fused-ring (bicyclic) bond motifs is 1. The van der Waals surface area contributed by atoms with Gasteiger partial charge < -0.3 is 10.6 Å². The van der Waals surface area contributed by atoms with Gasteiger partial charge in [-0.05, 0) is 42.7 Å². The number of nitrogens with one attached hydrogen (secondary N) is 2. The zero-order chi connectivity index (χ0) is 21.9. The van der Waals surface area contributed by atoms with E-state index in [4.69, 9.17) is 0 Å². The van der Waals surface area contributed by atoms with Gasteiger partial charge in [0, 0.05) is 27.6 Å². The van der Waals surface area contributed by atoms with Gasteiger partial charge in [0.15, 0.2) is 0 Å². The van der Waals surface area contributed by atoms with E-state index in [0.717, 1.165) is 38.5 Å². The maximum absolute atomic E-state index is 12.5. The molecule has 2 heterocycles. The second-order valence-electron chi connectivity index (χ2n) is 7.54. The van der Waals surface area contributed by atoms with Crippen LogP contribution < -0.4 is 10.6 Å². The van der Waals surface area contributed by atoms with Crippen LogP contribution in [0.5, 0.6) is 0 Å². The smallest absolute Gasteiger partial charge is 0.251 e. The molecular formula is C24H20N4O2S2. The minimum atomic E-state index is -0.153. The van der Waals surface area contributed by atoms with Crippen molar-refractivity contribution < 1.29 is 9.59 Å². The zero-order valence-electron chi connectivity index (χ0n) is 17.1. The predicted octanol–water partition coefficient (Wildman–Crippen LogP) is 4.98. The third-order valence-corrected chi connectivity index (χ3v) is 7.11. The Bertz CT molecular complexity index is 1290. The standard InChI is InChI=1S/C24H20N4O2S2/c29-21(27-18-8-4-7-16(11-18)22(30)28-17-9-10-17)13-31-23-19-12-20(15-5-2-1-3-6-15)32-24(19)26-14-25-23/h1-8,11-12,14,17H,9-10,13H2,(H,27,29)(H,28,30). The molecule has 0 aliphatic heterocycles. The summed E-state index contributed by atoms with van der Waals surface area (Å²) in [6.07, 6.45) is 3.61. The summed E-state index contributed by atoms with van der Waals surface area (Å²) in [4.78, 5) is 35.6. The van der Waals surface area contributed by atoms with Crippen LogP contribution in [0, 0.1) is 0 Å². The number of nitrogens with zero attached hydrogens (tertiary/aromatic N) is 2. The molecule has 0 spiro atoms. The van der Waals surface area contributed by atoms with Crippen LogP contribution in [0.4, 0.5) is 5.69 Å². The zero-order valence-corrected chi connectivity index (χ0v) is 18.7. The highest BCUT2D eigenvalue weighted by molar-refractivity contribution is 8.00. The van der Waals surface area contributed by atoms with Gasteiger partial charge in [0.2, 0.25) is 5.91 Å². The Morgan fingerprint density at radius 3 is 2.69 bits per heavy atom. The Kier molecular flexibility index (Phi) is 5.87. The van der Waals surface area contributed by atoms with E-state index in [1.165, 1.54) is 18.1 Å². The molecule has 1 aliphatic rings. The number of thiophene rings is 1. The van der Waals surface area contributed by atoms with Gasteiger partial charge in [-0.2, -0.15) is 0 Å². The minimum Gasteiger partial charge on any atom is -0.349 e. The van der Waals surface area contributed by atoms with Crippen LogP contribution in [0.15, 0.2) is 72.0 Å². The number of hydrogen-bond acceptors (Lipinski definition) is 6. The fourth-order valence-electron chi connectivity index (χ4n) is 3.26. The van der Waals surface area contributed by atoms with Crippen molar-refractivity contribution in [3.63, 3.8) is 0 Å². The quantitative estimate of drug-likeness (QED) is 0.300. The Morgan fingerprint density at radius 1 is 1.03 bits per heavy atom. The molecule has 2 aromatic carbocycles. The average Bonchev–Trinajstić information content (AvgIpc) is 3.52. The van der Waals surface area contributed by atoms with Gasteiger partial charge in [0.05, 0.1) is 5.75 Å². The van der Waals surface area contributed by atoms with Crippen molar-refractivity contribution in [3.8, 4) is 10.4 Å². The second kappa shape index (κ2) is 9.10. The van der Waals surface area contributed by atoms with Crippen LogP contribution in [0.3, 0.4) is 0 Å². The monoisotopic (exact) mass is 460 g/mol. The summed E-state index contributed by atoms with van der Waals surface area (Å²) in [5.74, 6) is -0.0470. The topological polar surface area (TPSA) is 84.0 Å². The van der Waals surface area contributed by atoms with Crippen LogP contribution in [0.25, 0.3) is 20.7 Å². The number of rotatable bonds is 7. The lowest BCUT2D eigenvalue weighted by Crippen LogP contribution is -2.25. The number of amides is 2. The van der Waals surface area contributed by atoms with Crippen molar-refractivity contribution in [1.29, 1.82) is 0 Å². The molecule has 0 saturated heterocycles. The van der Waals surface area contributed by atoms with E-state index in [1.54, 1.807) is 35.6 Å². The number of hydrogen-bond donors (Lipinski definition) is 2. The molecule has 160 valence electrons. The highest BCUT2D eigenvalue weighted by atomic mass is 32.2. The van der Waals surface area contributed by atoms with E-state index in [9.17, 15) is 9.59 Å². The third-order valence-electron chi connectivity index (χ3n) is 5.01. The molecule has 2 aromatic heterocycles. The first-order valence-corrected chi connectivity index (χ1v) is 12.1. The summed E-state index contributed by atoms with van der Waals surface area (Å²) in [6, 6.07) is 19.5. The van der Waals surface area contributed by atoms with Gasteiger partial charge in [-0.1, -0.05) is 48.2 Å². The van der Waals surface area contributed by atoms with Crippen LogP contribution >= 0.6 is 23.1 Å². The third kappa shape index (κ3) is 4.81. The molecule has 0 unspecified atom stereocenters. The Hall–Kier alpha value is -3.23. The van der Waals surface area contributed by atoms with Crippen molar-refractivity contribution in [3.05, 3.63) is 72.6 Å². The van der Waals surface area contributed by atoms with Crippen LogP contribution in [0.1, 0.15) is 23.2 Å². The van der Waals surface area contributed by atoms with Gasteiger partial charge >= 0.3 is 0 Å². The molecule has 0 atom stereocenters. The SMILES string of the molecule is O=C(CSc1ncnc2sc(-c3ccccc3)cc12)Nc1cccc(C(=O)NC2CC2)c1. The van der Waals surface area contributed by atoms with Gasteiger partial charge in [0.1, 0.15) is 16.2 Å². The maximum Gasteiger partial charge on any atom is 0.251 e. The predicted molar refractivity (Wildman–Crippen MR) is 129 cm³/mol. The van der Waals surface area contributed by atoms with E-state index in [-0.39, 0.29) is 17.6 Å². The van der Waals surface area contributed by atoms with Gasteiger partial charge in [-0.15, -0.1) is 11.3 Å². The Labute approximate surface area is 193 Å². The number of thioether (sulfide) groups is 1. The van der Waals surface area contributed by atoms with E-state index >= 15 is 0 Å². The lowest BCUT2D eigenvalue weighted by atomic mass is 10.2. The van der Waals surface area contributed by atoms with Gasteiger partial charge in [0.25, 0.3) is 5.91 Å². The van der Waals surface area contributed by atoms with Crippen molar-refractivity contribution >= 4 is 50.8 Å². The number of carbonyl (C=O) groups is 2. The molecule has 5 rings (SSSR count). The van der Waals surface area contributed by atoms with Crippen molar-refractivity contribution in [2.45, 2.75) is 23.9 Å². The highest BCUT2D eigenvalue weighted by Crippen LogP contribution is 2.36. The summed E-state index contributed by atoms with van der Waals surface area (Å²) in [6.45, 7) is 0. The number of aromatic nitrogens is 2. The molecule has 1 fully saturated rings. The fourth-order valence-corrected chi connectivity index (χ4v) is 5.10. The first-order chi connectivity index (χ1) is 15.7. The van der Waals surface area contributed by atoms with Crippen molar-refractivity contribution in [1.82, 2.24) is 15.3 Å². The van der Waals surface area contributed by atoms with E-state index in [2.05, 4.69) is 38.8 Å². The first-order valence-electron chi connectivity index (χ1n) is 10.3. The molecule has 0 radical (unpaired) electrons. The molecule has 1 saturated carbocycles. The van der Waals surface area contributed by atoms with E-state index in [0.29, 0.717) is 17.3 Å². The van der Waals surface area contributed by atoms with Crippen LogP contribution in [0.2, 0.25) is 0 Å². The molecule has 6 nitrogen and oxygen atoms in total. The largest absolute Gasteiger partial charge is 0.349 e. The van der Waals surface area contributed by atoms with Crippen molar-refractivity contribution in [2.75, 3.05) is 11.1 Å². The Balaban J connectivity index is 1.25. The minimum absolute atomic E-state index is 0.104. The summed E-state index contributed by atoms with van der Waals surface area (Å²) in [5, 5.41) is 7.56. The maximum atomic E-state index is 12.5. The summed E-state index contributed by atoms with van der Waals surface area (Å²) in [7, 11) is 0. The normalized spacial score (nSPS) is 13.1. The first kappa shape index (κ1) is 20.7. The molecular weight excluding hydrogens is 440 g/mol. The molecule has 1 aliphatic carbocycles. The van der Waals surface area contributed by atoms with E-state index < -0.39 is 0 Å². The molecule has 0 bridgehead atoms. The summed E-state index contributed by atoms with van der Waals surface area (Å²) in [5.41, 5.74) is 2.29. The summed E-state index contributed by atoms with van der Waals surface area (Å²) >= 11 is 2.99. The lowest BCUT2D eigenvalue weighted by Gasteiger charge is -2.08. The fraction of sp³-hybridized carbons (Fsp3) is 0.167. The van der Waals surface area contributed by atoms with Crippen LogP contribution in [-0.4, -0.2) is 33.6 Å². The molecule has 8 heteroatoms. The molecule has 32 heavy (non-hydrogen) atoms. The second-order valence-corrected chi connectivity index (χ2v) is 9.53. The number of carbonyl (C=O) groups excluding carboxylic acids is 2. The lowest BCUT2D eigenvalue weighted by molar-refractivity contribution is -0.113.